The van der Waals surface area contributed by atoms with E-state index in [1.807, 2.05) is 37.3 Å². The molecule has 4 rings (SSSR count). The molecule has 10 heteroatoms. The number of hydrogen-bond acceptors (Lipinski definition) is 7. The van der Waals surface area contributed by atoms with Gasteiger partial charge in [0, 0.05) is 42.0 Å². The number of hydrogen-bond donors (Lipinski definition) is 1. The molecule has 0 bridgehead atoms. The molecule has 156 valence electrons. The van der Waals surface area contributed by atoms with Crippen molar-refractivity contribution >= 4 is 50.1 Å². The smallest absolute Gasteiger partial charge is 0.243 e. The molecule has 0 amide bonds. The fourth-order valence-corrected chi connectivity index (χ4v) is 5.02. The van der Waals surface area contributed by atoms with Gasteiger partial charge < -0.3 is 10.2 Å². The highest BCUT2D eigenvalue weighted by Gasteiger charge is 2.29. The molecule has 3 aromatic rings. The quantitative estimate of drug-likeness (QED) is 0.502. The summed E-state index contributed by atoms with van der Waals surface area (Å²) in [4.78, 5) is 15.3. The van der Waals surface area contributed by atoms with Gasteiger partial charge in [-0.15, -0.1) is 0 Å². The molecule has 1 fully saturated rings. The SMILES string of the molecule is Cc1ccnc(Nc2cc(N3CCN(S(=O)(=O)c4ccc(I)cc4)CC3)ncn2)c1. The van der Waals surface area contributed by atoms with E-state index in [4.69, 9.17) is 0 Å². The standard InChI is InChI=1S/C20H21IN6O2S/c1-15-6-7-22-18(12-15)25-19-13-20(24-14-23-19)26-8-10-27(11-9-26)30(28,29)17-4-2-16(21)3-5-17/h2-7,12-14H,8-11H2,1H3,(H,22,23,24,25). The summed E-state index contributed by atoms with van der Waals surface area (Å²) in [7, 11) is -3.49. The van der Waals surface area contributed by atoms with Crippen molar-refractivity contribution in [1.29, 1.82) is 0 Å². The van der Waals surface area contributed by atoms with Crippen molar-refractivity contribution in [2.75, 3.05) is 36.4 Å². The Bertz CT molecular complexity index is 1130. The molecule has 0 saturated carbocycles. The zero-order chi connectivity index (χ0) is 21.1. The number of sulfonamides is 1. The topological polar surface area (TPSA) is 91.3 Å². The van der Waals surface area contributed by atoms with Gasteiger partial charge in [0.05, 0.1) is 4.90 Å². The van der Waals surface area contributed by atoms with Crippen LogP contribution in [0.15, 0.2) is 59.9 Å². The second kappa shape index (κ2) is 8.82. The van der Waals surface area contributed by atoms with Gasteiger partial charge >= 0.3 is 0 Å². The Morgan fingerprint density at radius 2 is 1.63 bits per heavy atom. The molecule has 1 saturated heterocycles. The molecule has 0 spiro atoms. The van der Waals surface area contributed by atoms with E-state index in [2.05, 4.69) is 47.8 Å². The summed E-state index contributed by atoms with van der Waals surface area (Å²) in [5.41, 5.74) is 1.10. The lowest BCUT2D eigenvalue weighted by molar-refractivity contribution is 0.384. The van der Waals surface area contributed by atoms with Crippen LogP contribution in [0.25, 0.3) is 0 Å². The highest BCUT2D eigenvalue weighted by Crippen LogP contribution is 2.22. The van der Waals surface area contributed by atoms with E-state index in [1.54, 1.807) is 18.3 Å². The average Bonchev–Trinajstić information content (AvgIpc) is 2.74. The van der Waals surface area contributed by atoms with Crippen molar-refractivity contribution in [2.45, 2.75) is 11.8 Å². The van der Waals surface area contributed by atoms with E-state index in [1.165, 1.54) is 10.6 Å². The highest BCUT2D eigenvalue weighted by molar-refractivity contribution is 14.1. The van der Waals surface area contributed by atoms with E-state index in [9.17, 15) is 8.42 Å². The van der Waals surface area contributed by atoms with Gasteiger partial charge in [-0.3, -0.25) is 0 Å². The molecular weight excluding hydrogens is 515 g/mol. The summed E-state index contributed by atoms with van der Waals surface area (Å²) in [5, 5.41) is 3.19. The van der Waals surface area contributed by atoms with Crippen LogP contribution >= 0.6 is 22.6 Å². The first-order valence-corrected chi connectivity index (χ1v) is 12.0. The minimum Gasteiger partial charge on any atom is -0.354 e. The molecule has 30 heavy (non-hydrogen) atoms. The average molecular weight is 536 g/mol. The minimum absolute atomic E-state index is 0.329. The van der Waals surface area contributed by atoms with Gasteiger partial charge in [0.25, 0.3) is 0 Å². The normalized spacial score (nSPS) is 15.2. The van der Waals surface area contributed by atoms with Gasteiger partial charge in [-0.05, 0) is 71.5 Å². The molecule has 2 aromatic heterocycles. The first kappa shape index (κ1) is 20.9. The largest absolute Gasteiger partial charge is 0.354 e. The molecule has 1 N–H and O–H groups in total. The van der Waals surface area contributed by atoms with Crippen LogP contribution in [0.2, 0.25) is 0 Å². The summed E-state index contributed by atoms with van der Waals surface area (Å²) in [6.45, 7) is 3.93. The van der Waals surface area contributed by atoms with Crippen LogP contribution < -0.4 is 10.2 Å². The Morgan fingerprint density at radius 1 is 0.933 bits per heavy atom. The van der Waals surface area contributed by atoms with E-state index < -0.39 is 10.0 Å². The Labute approximate surface area is 189 Å². The number of anilines is 3. The maximum atomic E-state index is 12.9. The maximum absolute atomic E-state index is 12.9. The van der Waals surface area contributed by atoms with Crippen molar-refractivity contribution < 1.29 is 8.42 Å². The second-order valence-electron chi connectivity index (χ2n) is 6.95. The predicted octanol–water partition coefficient (Wildman–Crippen LogP) is 3.04. The van der Waals surface area contributed by atoms with Crippen LogP contribution in [0.4, 0.5) is 17.5 Å². The summed E-state index contributed by atoms with van der Waals surface area (Å²) < 4.78 is 28.3. The number of benzene rings is 1. The monoisotopic (exact) mass is 536 g/mol. The van der Waals surface area contributed by atoms with Crippen LogP contribution in [0, 0.1) is 10.5 Å². The Morgan fingerprint density at radius 3 is 2.33 bits per heavy atom. The molecule has 3 heterocycles. The molecule has 1 aromatic carbocycles. The Kier molecular flexibility index (Phi) is 6.16. The third kappa shape index (κ3) is 4.71. The fraction of sp³-hybridized carbons (Fsp3) is 0.250. The number of nitrogens with one attached hydrogen (secondary N) is 1. The van der Waals surface area contributed by atoms with Crippen molar-refractivity contribution in [3.63, 3.8) is 0 Å². The van der Waals surface area contributed by atoms with Gasteiger partial charge in [0.2, 0.25) is 10.0 Å². The molecule has 0 radical (unpaired) electrons. The van der Waals surface area contributed by atoms with E-state index in [-0.39, 0.29) is 0 Å². The molecule has 0 aliphatic carbocycles. The number of rotatable bonds is 5. The highest BCUT2D eigenvalue weighted by atomic mass is 127. The van der Waals surface area contributed by atoms with Crippen molar-refractivity contribution in [3.05, 3.63) is 64.1 Å². The van der Waals surface area contributed by atoms with Gasteiger partial charge in [0.1, 0.15) is 23.8 Å². The number of piperazine rings is 1. The number of pyridine rings is 1. The van der Waals surface area contributed by atoms with E-state index in [0.717, 1.165) is 15.0 Å². The Balaban J connectivity index is 1.43. The molecule has 1 aliphatic heterocycles. The molecular formula is C20H21IN6O2S. The Hall–Kier alpha value is -2.31. The zero-order valence-electron chi connectivity index (χ0n) is 16.4. The summed E-state index contributed by atoms with van der Waals surface area (Å²) >= 11 is 2.16. The first-order valence-electron chi connectivity index (χ1n) is 9.44. The van der Waals surface area contributed by atoms with Crippen LogP contribution in [-0.4, -0.2) is 53.9 Å². The zero-order valence-corrected chi connectivity index (χ0v) is 19.3. The number of aryl methyl sites for hydroxylation is 1. The van der Waals surface area contributed by atoms with Crippen LogP contribution in [0.1, 0.15) is 5.56 Å². The number of halogens is 1. The van der Waals surface area contributed by atoms with Crippen molar-refractivity contribution in [1.82, 2.24) is 19.3 Å². The van der Waals surface area contributed by atoms with Crippen molar-refractivity contribution in [3.8, 4) is 0 Å². The molecule has 0 atom stereocenters. The fourth-order valence-electron chi connectivity index (χ4n) is 3.24. The van der Waals surface area contributed by atoms with E-state index >= 15 is 0 Å². The predicted molar refractivity (Wildman–Crippen MR) is 124 cm³/mol. The second-order valence-corrected chi connectivity index (χ2v) is 10.1. The lowest BCUT2D eigenvalue weighted by Gasteiger charge is -2.34. The van der Waals surface area contributed by atoms with Crippen LogP contribution in [0.5, 0.6) is 0 Å². The molecule has 8 nitrogen and oxygen atoms in total. The third-order valence-electron chi connectivity index (χ3n) is 4.84. The summed E-state index contributed by atoms with van der Waals surface area (Å²) in [6.07, 6.45) is 3.25. The van der Waals surface area contributed by atoms with E-state index in [0.29, 0.717) is 42.7 Å². The lowest BCUT2D eigenvalue weighted by atomic mass is 10.3. The van der Waals surface area contributed by atoms with Crippen molar-refractivity contribution in [2.24, 2.45) is 0 Å². The van der Waals surface area contributed by atoms with Crippen LogP contribution in [0.3, 0.4) is 0 Å². The first-order chi connectivity index (χ1) is 14.4. The summed E-state index contributed by atoms with van der Waals surface area (Å²) in [5.74, 6) is 2.12. The van der Waals surface area contributed by atoms with Gasteiger partial charge in [0.15, 0.2) is 0 Å². The summed E-state index contributed by atoms with van der Waals surface area (Å²) in [6, 6.07) is 12.7. The third-order valence-corrected chi connectivity index (χ3v) is 7.47. The van der Waals surface area contributed by atoms with Gasteiger partial charge in [-0.2, -0.15) is 4.31 Å². The number of aromatic nitrogens is 3. The molecule has 1 aliphatic rings. The van der Waals surface area contributed by atoms with Gasteiger partial charge in [-0.1, -0.05) is 0 Å². The molecule has 0 unspecified atom stereocenters. The minimum atomic E-state index is -3.49. The van der Waals surface area contributed by atoms with Crippen LogP contribution in [-0.2, 0) is 10.0 Å². The lowest BCUT2D eigenvalue weighted by Crippen LogP contribution is -2.48. The maximum Gasteiger partial charge on any atom is 0.243 e. The van der Waals surface area contributed by atoms with Gasteiger partial charge in [-0.25, -0.2) is 23.4 Å². The number of nitrogens with zero attached hydrogens (tertiary/aromatic N) is 5.